The van der Waals surface area contributed by atoms with E-state index in [2.05, 4.69) is 26.2 Å². The molecule has 1 atom stereocenters. The zero-order valence-corrected chi connectivity index (χ0v) is 13.1. The lowest BCUT2D eigenvalue weighted by molar-refractivity contribution is -0.141. The van der Waals surface area contributed by atoms with Crippen molar-refractivity contribution in [1.29, 1.82) is 0 Å². The van der Waals surface area contributed by atoms with Crippen LogP contribution in [0.5, 0.6) is 0 Å². The molecule has 0 aliphatic rings. The van der Waals surface area contributed by atoms with Crippen molar-refractivity contribution >= 4 is 21.8 Å². The first-order chi connectivity index (χ1) is 10.3. The summed E-state index contributed by atoms with van der Waals surface area (Å²) in [6.07, 6.45) is -3.59. The van der Waals surface area contributed by atoms with Gasteiger partial charge in [-0.15, -0.1) is 0 Å². The summed E-state index contributed by atoms with van der Waals surface area (Å²) < 4.78 is 38.1. The van der Waals surface area contributed by atoms with Gasteiger partial charge in [0.05, 0.1) is 11.6 Å². The summed E-state index contributed by atoms with van der Waals surface area (Å²) in [5, 5.41) is 2.72. The van der Waals surface area contributed by atoms with Crippen molar-refractivity contribution < 1.29 is 18.0 Å². The smallest absolute Gasteiger partial charge is 0.345 e. The summed E-state index contributed by atoms with van der Waals surface area (Å²) in [6.45, 7) is 1.79. The van der Waals surface area contributed by atoms with Gasteiger partial charge in [-0.05, 0) is 36.8 Å². The third-order valence-electron chi connectivity index (χ3n) is 3.01. The third-order valence-corrected chi connectivity index (χ3v) is 3.51. The van der Waals surface area contributed by atoms with E-state index in [9.17, 15) is 18.0 Å². The number of carbonyl (C=O) groups excluding carboxylic acids is 1. The maximum absolute atomic E-state index is 12.4. The van der Waals surface area contributed by atoms with E-state index in [4.69, 9.17) is 0 Å². The topological polar surface area (TPSA) is 42.0 Å². The van der Waals surface area contributed by atoms with E-state index < -0.39 is 17.8 Å². The highest BCUT2D eigenvalue weighted by molar-refractivity contribution is 9.10. The number of amides is 1. The van der Waals surface area contributed by atoms with E-state index in [0.29, 0.717) is 0 Å². The fraction of sp³-hybridized carbons (Fsp3) is 0.200. The number of nitrogens with zero attached hydrogens (tertiary/aromatic N) is 1. The second-order valence-corrected chi connectivity index (χ2v) is 5.60. The van der Waals surface area contributed by atoms with Gasteiger partial charge >= 0.3 is 6.18 Å². The lowest BCUT2D eigenvalue weighted by atomic mass is 10.1. The molecule has 0 aliphatic carbocycles. The maximum Gasteiger partial charge on any atom is 0.433 e. The predicted molar refractivity (Wildman–Crippen MR) is 79.3 cm³/mol. The van der Waals surface area contributed by atoms with Crippen LogP contribution in [-0.2, 0) is 6.18 Å². The molecule has 0 aliphatic heterocycles. The van der Waals surface area contributed by atoms with Crippen LogP contribution in [0.25, 0.3) is 0 Å². The Morgan fingerprint density at radius 3 is 2.55 bits per heavy atom. The minimum Gasteiger partial charge on any atom is -0.345 e. The molecule has 0 radical (unpaired) electrons. The fourth-order valence-electron chi connectivity index (χ4n) is 1.84. The quantitative estimate of drug-likeness (QED) is 0.869. The highest BCUT2D eigenvalue weighted by Crippen LogP contribution is 2.27. The molecule has 0 bridgehead atoms. The predicted octanol–water partition coefficient (Wildman–Crippen LogP) is 4.35. The van der Waals surface area contributed by atoms with Crippen LogP contribution in [-0.4, -0.2) is 10.9 Å². The minimum atomic E-state index is -4.52. The number of hydrogen-bond donors (Lipinski definition) is 1. The lowest BCUT2D eigenvalue weighted by Gasteiger charge is -2.15. The van der Waals surface area contributed by atoms with E-state index in [-0.39, 0.29) is 11.6 Å². The minimum absolute atomic E-state index is 0.0786. The normalized spacial score (nSPS) is 12.8. The van der Waals surface area contributed by atoms with Crippen molar-refractivity contribution in [3.63, 3.8) is 0 Å². The summed E-state index contributed by atoms with van der Waals surface area (Å²) in [6, 6.07) is 9.01. The number of nitrogens with one attached hydrogen (secondary N) is 1. The molecule has 7 heteroatoms. The average molecular weight is 373 g/mol. The molecule has 0 spiro atoms. The largest absolute Gasteiger partial charge is 0.433 e. The third kappa shape index (κ3) is 4.07. The summed E-state index contributed by atoms with van der Waals surface area (Å²) in [4.78, 5) is 15.3. The van der Waals surface area contributed by atoms with E-state index in [1.807, 2.05) is 24.3 Å². The van der Waals surface area contributed by atoms with Gasteiger partial charge in [-0.3, -0.25) is 9.78 Å². The SMILES string of the molecule is CC(NC(=O)c1ccc(C(F)(F)F)nc1)c1cccc(Br)c1. The Morgan fingerprint density at radius 2 is 2.00 bits per heavy atom. The van der Waals surface area contributed by atoms with Crippen molar-refractivity contribution in [3.05, 3.63) is 63.9 Å². The Labute approximate surface area is 133 Å². The molecule has 116 valence electrons. The zero-order valence-electron chi connectivity index (χ0n) is 11.5. The molecule has 1 heterocycles. The van der Waals surface area contributed by atoms with Crippen molar-refractivity contribution in [1.82, 2.24) is 10.3 Å². The Bertz CT molecular complexity index is 671. The molecule has 1 amide bonds. The van der Waals surface area contributed by atoms with E-state index in [0.717, 1.165) is 28.4 Å². The van der Waals surface area contributed by atoms with Crippen molar-refractivity contribution in [2.75, 3.05) is 0 Å². The molecule has 1 N–H and O–H groups in total. The Morgan fingerprint density at radius 1 is 1.27 bits per heavy atom. The summed E-state index contributed by atoms with van der Waals surface area (Å²) in [5.41, 5.74) is -0.0680. The number of alkyl halides is 3. The average Bonchev–Trinajstić information content (AvgIpc) is 2.46. The molecule has 3 nitrogen and oxygen atoms in total. The van der Waals surface area contributed by atoms with Crippen LogP contribution >= 0.6 is 15.9 Å². The lowest BCUT2D eigenvalue weighted by Crippen LogP contribution is -2.27. The van der Waals surface area contributed by atoms with Crippen molar-refractivity contribution in [3.8, 4) is 0 Å². The Balaban J connectivity index is 2.09. The maximum atomic E-state index is 12.4. The second kappa shape index (κ2) is 6.48. The van der Waals surface area contributed by atoms with Crippen molar-refractivity contribution in [2.45, 2.75) is 19.1 Å². The molecule has 2 aromatic rings. The first-order valence-electron chi connectivity index (χ1n) is 6.37. The fourth-order valence-corrected chi connectivity index (χ4v) is 2.25. The highest BCUT2D eigenvalue weighted by Gasteiger charge is 2.32. The molecule has 0 fully saturated rings. The molecule has 0 saturated carbocycles. The van der Waals surface area contributed by atoms with Gasteiger partial charge in [0.1, 0.15) is 5.69 Å². The first kappa shape index (κ1) is 16.5. The van der Waals surface area contributed by atoms with Crippen LogP contribution in [0.3, 0.4) is 0 Å². The van der Waals surface area contributed by atoms with Crippen LogP contribution in [0.1, 0.15) is 34.6 Å². The number of carbonyl (C=O) groups is 1. The van der Waals surface area contributed by atoms with Gasteiger partial charge < -0.3 is 5.32 Å². The summed E-state index contributed by atoms with van der Waals surface area (Å²) >= 11 is 3.34. The molecule has 22 heavy (non-hydrogen) atoms. The Hall–Kier alpha value is -1.89. The first-order valence-corrected chi connectivity index (χ1v) is 7.16. The van der Waals surface area contributed by atoms with Gasteiger partial charge in [0.25, 0.3) is 5.91 Å². The van der Waals surface area contributed by atoms with Crippen LogP contribution in [0.2, 0.25) is 0 Å². The highest BCUT2D eigenvalue weighted by atomic mass is 79.9. The van der Waals surface area contributed by atoms with Crippen LogP contribution < -0.4 is 5.32 Å². The molecule has 1 aromatic carbocycles. The number of rotatable bonds is 3. The molecule has 2 rings (SSSR count). The molecule has 0 saturated heterocycles. The van der Waals surface area contributed by atoms with E-state index in [1.165, 1.54) is 0 Å². The van der Waals surface area contributed by atoms with Crippen LogP contribution in [0.15, 0.2) is 47.1 Å². The monoisotopic (exact) mass is 372 g/mol. The second-order valence-electron chi connectivity index (χ2n) is 4.68. The number of pyridine rings is 1. The summed E-state index contributed by atoms with van der Waals surface area (Å²) in [5.74, 6) is -0.478. The molecule has 1 unspecified atom stereocenters. The number of aromatic nitrogens is 1. The standard InChI is InChI=1S/C15H12BrF3N2O/c1-9(10-3-2-4-12(16)7-10)21-14(22)11-5-6-13(20-8-11)15(17,18)19/h2-9H,1H3,(H,21,22). The molecular formula is C15H12BrF3N2O. The van der Waals surface area contributed by atoms with Gasteiger partial charge in [-0.2, -0.15) is 13.2 Å². The number of benzene rings is 1. The van der Waals surface area contributed by atoms with Gasteiger partial charge in [0.15, 0.2) is 0 Å². The summed E-state index contributed by atoms with van der Waals surface area (Å²) in [7, 11) is 0. The van der Waals surface area contributed by atoms with Crippen molar-refractivity contribution in [2.24, 2.45) is 0 Å². The zero-order chi connectivity index (χ0) is 16.3. The van der Waals surface area contributed by atoms with Gasteiger partial charge in [0, 0.05) is 10.7 Å². The number of halogens is 4. The van der Waals surface area contributed by atoms with Crippen LogP contribution in [0, 0.1) is 0 Å². The van der Waals surface area contributed by atoms with Gasteiger partial charge in [0.2, 0.25) is 0 Å². The van der Waals surface area contributed by atoms with Crippen LogP contribution in [0.4, 0.5) is 13.2 Å². The van der Waals surface area contributed by atoms with Gasteiger partial charge in [-0.1, -0.05) is 28.1 Å². The Kier molecular flexibility index (Phi) is 4.85. The van der Waals surface area contributed by atoms with E-state index >= 15 is 0 Å². The molecule has 1 aromatic heterocycles. The van der Waals surface area contributed by atoms with E-state index in [1.54, 1.807) is 6.92 Å². The number of hydrogen-bond acceptors (Lipinski definition) is 2. The van der Waals surface area contributed by atoms with Gasteiger partial charge in [-0.25, -0.2) is 0 Å². The molecular weight excluding hydrogens is 361 g/mol.